The molecule has 1 N–H and O–H groups in total. The van der Waals surface area contributed by atoms with Crippen molar-refractivity contribution in [1.82, 2.24) is 15.2 Å². The van der Waals surface area contributed by atoms with E-state index < -0.39 is 0 Å². The van der Waals surface area contributed by atoms with E-state index in [-0.39, 0.29) is 47.0 Å². The van der Waals surface area contributed by atoms with Gasteiger partial charge in [-0.3, -0.25) is 9.68 Å². The quantitative estimate of drug-likeness (QED) is 0.0815. The lowest BCUT2D eigenvalue weighted by Crippen LogP contribution is -2.46. The van der Waals surface area contributed by atoms with Crippen molar-refractivity contribution in [1.29, 1.82) is 0 Å². The molecule has 0 aliphatic rings. The van der Waals surface area contributed by atoms with Crippen molar-refractivity contribution in [3.8, 4) is 0 Å². The first-order chi connectivity index (χ1) is 37.8. The summed E-state index contributed by atoms with van der Waals surface area (Å²) in [5.74, 6) is 1.60. The zero-order valence-corrected chi connectivity index (χ0v) is 52.0. The van der Waals surface area contributed by atoms with E-state index in [0.29, 0.717) is 23.7 Å². The summed E-state index contributed by atoms with van der Waals surface area (Å²) in [6.45, 7) is 40.8. The van der Waals surface area contributed by atoms with Gasteiger partial charge in [0.2, 0.25) is 0 Å². The van der Waals surface area contributed by atoms with Gasteiger partial charge in [-0.15, -0.1) is 0 Å². The third kappa shape index (κ3) is 21.5. The molecule has 6 atom stereocenters. The Hall–Kier alpha value is -5.96. The van der Waals surface area contributed by atoms with Crippen LogP contribution in [0, 0.1) is 17.8 Å². The van der Waals surface area contributed by atoms with Crippen molar-refractivity contribution in [2.24, 2.45) is 17.8 Å². The predicted octanol–water partition coefficient (Wildman–Crippen LogP) is 20.7. The summed E-state index contributed by atoms with van der Waals surface area (Å²) in [4.78, 5) is 13.5. The summed E-state index contributed by atoms with van der Waals surface area (Å²) < 4.78 is 0. The molecule has 0 saturated heterocycles. The number of hydroxylamine groups is 6. The number of benzene rings is 7. The molecule has 80 heavy (non-hydrogen) atoms. The van der Waals surface area contributed by atoms with Crippen molar-refractivity contribution in [3.63, 3.8) is 0 Å². The van der Waals surface area contributed by atoms with Crippen LogP contribution in [-0.4, -0.2) is 37.0 Å². The van der Waals surface area contributed by atoms with Gasteiger partial charge >= 0.3 is 0 Å². The van der Waals surface area contributed by atoms with Crippen molar-refractivity contribution >= 4 is 6.08 Å². The molecule has 6 heteroatoms. The van der Waals surface area contributed by atoms with Crippen LogP contribution in [0.25, 0.3) is 6.08 Å². The molecule has 0 bridgehead atoms. The van der Waals surface area contributed by atoms with Gasteiger partial charge in [-0.2, -0.15) is 15.2 Å². The minimum atomic E-state index is -0.245. The molecule has 7 aromatic rings. The summed E-state index contributed by atoms with van der Waals surface area (Å²) in [7, 11) is 0. The number of hydrogen-bond donors (Lipinski definition) is 1. The molecule has 0 aliphatic heterocycles. The average molecular weight is 1080 g/mol. The summed E-state index contributed by atoms with van der Waals surface area (Å²) in [6.07, 6.45) is 2.73. The lowest BCUT2D eigenvalue weighted by Gasteiger charge is -2.44. The highest BCUT2D eigenvalue weighted by atomic mass is 16.7. The molecule has 0 fully saturated rings. The van der Waals surface area contributed by atoms with Crippen molar-refractivity contribution in [3.05, 3.63) is 258 Å². The fraction of sp³-hybridized carbons (Fsp3) is 0.405. The largest absolute Gasteiger partial charge is 0.313 e. The Kier molecular flexibility index (Phi) is 27.0. The monoisotopic (exact) mass is 1080 g/mol. The number of nitrogens with zero attached hydrogens (tertiary/aromatic N) is 3. The highest BCUT2D eigenvalue weighted by Crippen LogP contribution is 2.41. The van der Waals surface area contributed by atoms with Crippen molar-refractivity contribution in [2.45, 2.75) is 177 Å². The van der Waals surface area contributed by atoms with Crippen LogP contribution in [-0.2, 0) is 9.68 Å². The van der Waals surface area contributed by atoms with Crippen LogP contribution < -0.4 is 0 Å². The highest BCUT2D eigenvalue weighted by Gasteiger charge is 2.37. The first-order valence-corrected chi connectivity index (χ1v) is 29.2. The fourth-order valence-electron chi connectivity index (χ4n) is 9.87. The molecule has 0 aliphatic carbocycles. The molecule has 430 valence electrons. The maximum absolute atomic E-state index is 10.3. The van der Waals surface area contributed by atoms with Crippen molar-refractivity contribution < 1.29 is 14.9 Å². The highest BCUT2D eigenvalue weighted by molar-refractivity contribution is 5.45. The van der Waals surface area contributed by atoms with Gasteiger partial charge in [0.25, 0.3) is 0 Å². The molecule has 0 aromatic heterocycles. The summed E-state index contributed by atoms with van der Waals surface area (Å²) in [6, 6.07) is 73.9. The first kappa shape index (κ1) is 66.6. The molecule has 0 heterocycles. The van der Waals surface area contributed by atoms with E-state index in [1.54, 1.807) is 0 Å². The summed E-state index contributed by atoms with van der Waals surface area (Å²) in [5.41, 5.74) is 8.18. The zero-order chi connectivity index (χ0) is 59.0. The van der Waals surface area contributed by atoms with Crippen LogP contribution in [0.4, 0.5) is 0 Å². The van der Waals surface area contributed by atoms with Crippen LogP contribution in [0.2, 0.25) is 0 Å². The molecule has 0 amide bonds. The molecule has 0 spiro atoms. The Labute approximate surface area is 486 Å². The van der Waals surface area contributed by atoms with Crippen LogP contribution in [0.3, 0.4) is 0 Å². The number of rotatable bonds is 19. The van der Waals surface area contributed by atoms with E-state index in [2.05, 4.69) is 271 Å². The lowest BCUT2D eigenvalue weighted by molar-refractivity contribution is -0.278. The van der Waals surface area contributed by atoms with E-state index in [0.717, 1.165) is 12.0 Å². The fourth-order valence-corrected chi connectivity index (χ4v) is 9.87. The average Bonchev–Trinajstić information content (AvgIpc) is 3.44. The molecular weight excluding hydrogens is 979 g/mol. The Balaban J connectivity index is 0.000000252. The molecule has 6 nitrogen and oxygen atoms in total. The van der Waals surface area contributed by atoms with E-state index >= 15 is 0 Å². The zero-order valence-electron chi connectivity index (χ0n) is 52.0. The van der Waals surface area contributed by atoms with E-state index in [9.17, 15) is 5.21 Å². The van der Waals surface area contributed by atoms with Crippen LogP contribution in [0.5, 0.6) is 0 Å². The SMILES string of the molecule is C=Cc1ccccc1.CC(C)C(c1ccccc1)N(O)C(C)(C)C.CC(CC(ON(C(c1ccccc1)C(C)C)C(C)(C)C)c1ccccc1)c1ccccc1.CC(ON(C(c1ccccc1)C(C)C)C(C)(C)C)c1ccccc1. The van der Waals surface area contributed by atoms with Crippen LogP contribution >= 0.6 is 0 Å². The maximum atomic E-state index is 10.3. The van der Waals surface area contributed by atoms with Gasteiger partial charge in [-0.1, -0.05) is 273 Å². The second-order valence-electron chi connectivity index (χ2n) is 25.1. The van der Waals surface area contributed by atoms with Gasteiger partial charge < -0.3 is 5.21 Å². The van der Waals surface area contributed by atoms with Crippen molar-refractivity contribution in [2.75, 3.05) is 0 Å². The second kappa shape index (κ2) is 32.5. The predicted molar refractivity (Wildman–Crippen MR) is 341 cm³/mol. The van der Waals surface area contributed by atoms with Gasteiger partial charge in [0.05, 0.1) is 18.1 Å². The Morgan fingerprint density at radius 2 is 0.662 bits per heavy atom. The summed E-state index contributed by atoms with van der Waals surface area (Å²) >= 11 is 0. The minimum absolute atomic E-state index is 0.00962. The minimum Gasteiger partial charge on any atom is -0.313 e. The third-order valence-electron chi connectivity index (χ3n) is 14.0. The Morgan fingerprint density at radius 3 is 0.963 bits per heavy atom. The smallest absolute Gasteiger partial charge is 0.105 e. The maximum Gasteiger partial charge on any atom is 0.105 e. The molecule has 0 saturated carbocycles. The second-order valence-corrected chi connectivity index (χ2v) is 25.1. The topological polar surface area (TPSA) is 48.4 Å². The van der Waals surface area contributed by atoms with E-state index in [1.165, 1.54) is 38.4 Å². The van der Waals surface area contributed by atoms with Gasteiger partial charge in [0.15, 0.2) is 0 Å². The Morgan fingerprint density at radius 1 is 0.375 bits per heavy atom. The van der Waals surface area contributed by atoms with Gasteiger partial charge in [-0.25, -0.2) is 0 Å². The van der Waals surface area contributed by atoms with Gasteiger partial charge in [-0.05, 0) is 138 Å². The van der Waals surface area contributed by atoms with Crippen LogP contribution in [0.1, 0.15) is 199 Å². The molecular formula is C74H101N3O3. The molecule has 7 rings (SSSR count). The van der Waals surface area contributed by atoms with E-state index in [1.807, 2.05) is 81.4 Å². The standard InChI is InChI=1S/C30H39NO.C22H31NO.C14H23NO.C8H8/c1-23(2)29(27-20-14-9-15-21-27)31(30(4,5)6)32-28(26-18-12-8-13-19-26)22-24(3)25-16-10-7-11-17-25;1-17(2)21(20-15-11-8-12-16-20)23(22(4,5)6)24-18(3)19-13-9-7-10-14-19;1-11(2)13(15(16)14(3,4)5)12-9-7-6-8-10-12;1-2-8-6-4-3-5-7-8/h7-21,23-24,28-29H,22H2,1-6H3;7-18,21H,1-6H3;6-11,13,16H,1-5H3;2-7H,1H2. The lowest BCUT2D eigenvalue weighted by atomic mass is 9.91. The van der Waals surface area contributed by atoms with Crippen LogP contribution in [0.15, 0.2) is 219 Å². The van der Waals surface area contributed by atoms with E-state index in [4.69, 9.17) is 9.68 Å². The normalized spacial score (nSPS) is 14.2. The number of hydrogen-bond acceptors (Lipinski definition) is 6. The molecule has 0 radical (unpaired) electrons. The molecule has 6 unspecified atom stereocenters. The summed E-state index contributed by atoms with van der Waals surface area (Å²) in [5, 5.41) is 16.2. The first-order valence-electron chi connectivity index (χ1n) is 29.2. The Bertz CT molecular complexity index is 2700. The third-order valence-corrected chi connectivity index (χ3v) is 14.0. The van der Waals surface area contributed by atoms with Gasteiger partial charge in [0, 0.05) is 16.6 Å². The van der Waals surface area contributed by atoms with Gasteiger partial charge in [0.1, 0.15) is 12.2 Å². The molecule has 7 aromatic carbocycles.